The van der Waals surface area contributed by atoms with Crippen molar-refractivity contribution in [1.29, 1.82) is 0 Å². The SMILES string of the molecule is Cc1cccc(N(C)C(C)CCl)n1. The van der Waals surface area contributed by atoms with Gasteiger partial charge in [0.05, 0.1) is 0 Å². The van der Waals surface area contributed by atoms with E-state index in [1.54, 1.807) is 0 Å². The van der Waals surface area contributed by atoms with Crippen LogP contribution >= 0.6 is 11.6 Å². The smallest absolute Gasteiger partial charge is 0.128 e. The molecule has 0 radical (unpaired) electrons. The fraction of sp³-hybridized carbons (Fsp3) is 0.500. The summed E-state index contributed by atoms with van der Waals surface area (Å²) < 4.78 is 0. The van der Waals surface area contributed by atoms with Crippen molar-refractivity contribution in [2.45, 2.75) is 19.9 Å². The number of alkyl halides is 1. The zero-order chi connectivity index (χ0) is 9.84. The minimum Gasteiger partial charge on any atom is -0.356 e. The number of anilines is 1. The maximum Gasteiger partial charge on any atom is 0.128 e. The molecule has 72 valence electrons. The van der Waals surface area contributed by atoms with E-state index in [9.17, 15) is 0 Å². The van der Waals surface area contributed by atoms with Crippen LogP contribution in [0.2, 0.25) is 0 Å². The lowest BCUT2D eigenvalue weighted by Crippen LogP contribution is -2.30. The molecule has 0 aromatic carbocycles. The molecule has 13 heavy (non-hydrogen) atoms. The Morgan fingerprint density at radius 3 is 2.77 bits per heavy atom. The summed E-state index contributed by atoms with van der Waals surface area (Å²) in [7, 11) is 2.01. The van der Waals surface area contributed by atoms with Gasteiger partial charge in [-0.05, 0) is 26.0 Å². The van der Waals surface area contributed by atoms with E-state index < -0.39 is 0 Å². The summed E-state index contributed by atoms with van der Waals surface area (Å²) in [6.45, 7) is 4.07. The molecule has 1 aromatic rings. The van der Waals surface area contributed by atoms with E-state index in [0.717, 1.165) is 11.5 Å². The molecular formula is C10H15ClN2. The van der Waals surface area contributed by atoms with Crippen LogP contribution in [0, 0.1) is 6.92 Å². The molecule has 0 aliphatic rings. The quantitative estimate of drug-likeness (QED) is 0.694. The Morgan fingerprint density at radius 1 is 1.54 bits per heavy atom. The predicted octanol–water partition coefficient (Wildman–Crippen LogP) is 2.45. The summed E-state index contributed by atoms with van der Waals surface area (Å²) in [6, 6.07) is 6.31. The lowest BCUT2D eigenvalue weighted by Gasteiger charge is -2.24. The Hall–Kier alpha value is -0.760. The molecule has 0 saturated heterocycles. The molecule has 0 fully saturated rings. The molecule has 0 aliphatic heterocycles. The molecule has 1 atom stereocenters. The van der Waals surface area contributed by atoms with E-state index in [0.29, 0.717) is 11.9 Å². The van der Waals surface area contributed by atoms with Gasteiger partial charge in [-0.15, -0.1) is 11.6 Å². The summed E-state index contributed by atoms with van der Waals surface area (Å²) in [5.41, 5.74) is 1.03. The minimum absolute atomic E-state index is 0.316. The van der Waals surface area contributed by atoms with Crippen molar-refractivity contribution in [3.63, 3.8) is 0 Å². The summed E-state index contributed by atoms with van der Waals surface area (Å²) in [6.07, 6.45) is 0. The number of nitrogens with zero attached hydrogens (tertiary/aromatic N) is 2. The van der Waals surface area contributed by atoms with E-state index in [-0.39, 0.29) is 0 Å². The third-order valence-electron chi connectivity index (χ3n) is 2.12. The van der Waals surface area contributed by atoms with Crippen molar-refractivity contribution in [3.05, 3.63) is 23.9 Å². The molecule has 0 N–H and O–H groups in total. The van der Waals surface area contributed by atoms with Gasteiger partial charge in [0.15, 0.2) is 0 Å². The van der Waals surface area contributed by atoms with Crippen molar-refractivity contribution < 1.29 is 0 Å². The van der Waals surface area contributed by atoms with Crippen LogP contribution in [0.1, 0.15) is 12.6 Å². The highest BCUT2D eigenvalue weighted by Gasteiger charge is 2.09. The third kappa shape index (κ3) is 2.59. The van der Waals surface area contributed by atoms with Gasteiger partial charge < -0.3 is 4.90 Å². The predicted molar refractivity (Wildman–Crippen MR) is 57.6 cm³/mol. The Kier molecular flexibility index (Phi) is 3.55. The summed E-state index contributed by atoms with van der Waals surface area (Å²) in [5, 5.41) is 0. The Morgan fingerprint density at radius 2 is 2.23 bits per heavy atom. The number of rotatable bonds is 3. The van der Waals surface area contributed by atoms with Crippen molar-refractivity contribution >= 4 is 17.4 Å². The van der Waals surface area contributed by atoms with Gasteiger partial charge in [-0.25, -0.2) is 4.98 Å². The number of aromatic nitrogens is 1. The van der Waals surface area contributed by atoms with Crippen molar-refractivity contribution in [1.82, 2.24) is 4.98 Å². The van der Waals surface area contributed by atoms with Crippen LogP contribution in [0.4, 0.5) is 5.82 Å². The van der Waals surface area contributed by atoms with E-state index in [1.165, 1.54) is 0 Å². The number of halogens is 1. The van der Waals surface area contributed by atoms with E-state index >= 15 is 0 Å². The van der Waals surface area contributed by atoms with Crippen LogP contribution in [0.15, 0.2) is 18.2 Å². The summed E-state index contributed by atoms with van der Waals surface area (Å²) >= 11 is 5.77. The van der Waals surface area contributed by atoms with Crippen molar-refractivity contribution in [2.24, 2.45) is 0 Å². The van der Waals surface area contributed by atoms with Crippen LogP contribution in [-0.2, 0) is 0 Å². The topological polar surface area (TPSA) is 16.1 Å². The van der Waals surface area contributed by atoms with Gasteiger partial charge >= 0.3 is 0 Å². The van der Waals surface area contributed by atoms with Gasteiger partial charge in [0.25, 0.3) is 0 Å². The first-order valence-electron chi connectivity index (χ1n) is 4.37. The zero-order valence-electron chi connectivity index (χ0n) is 8.29. The number of pyridine rings is 1. The van der Waals surface area contributed by atoms with Crippen LogP contribution in [-0.4, -0.2) is 24.0 Å². The highest BCUT2D eigenvalue weighted by molar-refractivity contribution is 6.18. The standard InChI is InChI=1S/C10H15ClN2/c1-8-5-4-6-10(12-8)13(3)9(2)7-11/h4-6,9H,7H2,1-3H3. The van der Waals surface area contributed by atoms with Crippen molar-refractivity contribution in [3.8, 4) is 0 Å². The van der Waals surface area contributed by atoms with Crippen LogP contribution < -0.4 is 4.90 Å². The van der Waals surface area contributed by atoms with Gasteiger partial charge in [-0.1, -0.05) is 6.07 Å². The zero-order valence-corrected chi connectivity index (χ0v) is 9.04. The Balaban J connectivity index is 2.82. The van der Waals surface area contributed by atoms with E-state index in [4.69, 9.17) is 11.6 Å². The van der Waals surface area contributed by atoms with Gasteiger partial charge in [-0.2, -0.15) is 0 Å². The number of hydrogen-bond acceptors (Lipinski definition) is 2. The molecular weight excluding hydrogens is 184 g/mol. The molecule has 1 rings (SSSR count). The first-order valence-corrected chi connectivity index (χ1v) is 4.91. The fourth-order valence-corrected chi connectivity index (χ4v) is 1.26. The lowest BCUT2D eigenvalue weighted by atomic mass is 10.3. The molecule has 0 bridgehead atoms. The van der Waals surface area contributed by atoms with Gasteiger partial charge in [0.2, 0.25) is 0 Å². The summed E-state index contributed by atoms with van der Waals surface area (Å²) in [4.78, 5) is 6.49. The average molecular weight is 199 g/mol. The molecule has 1 heterocycles. The van der Waals surface area contributed by atoms with Gasteiger partial charge in [0.1, 0.15) is 5.82 Å². The Labute approximate surface area is 84.5 Å². The van der Waals surface area contributed by atoms with E-state index in [2.05, 4.69) is 16.8 Å². The second kappa shape index (κ2) is 4.47. The molecule has 3 heteroatoms. The van der Waals surface area contributed by atoms with Crippen LogP contribution in [0.25, 0.3) is 0 Å². The highest BCUT2D eigenvalue weighted by atomic mass is 35.5. The molecule has 1 aromatic heterocycles. The van der Waals surface area contributed by atoms with Gasteiger partial charge in [0, 0.05) is 24.7 Å². The fourth-order valence-electron chi connectivity index (χ4n) is 1.05. The maximum atomic E-state index is 5.77. The van der Waals surface area contributed by atoms with Crippen LogP contribution in [0.3, 0.4) is 0 Å². The molecule has 1 unspecified atom stereocenters. The van der Waals surface area contributed by atoms with E-state index in [1.807, 2.05) is 32.2 Å². The second-order valence-corrected chi connectivity index (χ2v) is 3.56. The highest BCUT2D eigenvalue weighted by Crippen LogP contribution is 2.12. The number of aryl methyl sites for hydroxylation is 1. The lowest BCUT2D eigenvalue weighted by molar-refractivity contribution is 0.748. The molecule has 0 amide bonds. The second-order valence-electron chi connectivity index (χ2n) is 3.25. The minimum atomic E-state index is 0.316. The largest absolute Gasteiger partial charge is 0.356 e. The normalized spacial score (nSPS) is 12.6. The van der Waals surface area contributed by atoms with Crippen molar-refractivity contribution in [2.75, 3.05) is 17.8 Å². The summed E-state index contributed by atoms with van der Waals surface area (Å²) in [5.74, 6) is 1.60. The molecule has 0 aliphatic carbocycles. The Bertz CT molecular complexity index is 275. The molecule has 2 nitrogen and oxygen atoms in total. The molecule has 0 spiro atoms. The monoisotopic (exact) mass is 198 g/mol. The first kappa shape index (κ1) is 10.3. The number of hydrogen-bond donors (Lipinski definition) is 0. The average Bonchev–Trinajstić information content (AvgIpc) is 2.15. The molecule has 0 saturated carbocycles. The third-order valence-corrected chi connectivity index (χ3v) is 2.57. The van der Waals surface area contributed by atoms with Crippen LogP contribution in [0.5, 0.6) is 0 Å². The maximum absolute atomic E-state index is 5.77. The van der Waals surface area contributed by atoms with Gasteiger partial charge in [-0.3, -0.25) is 0 Å². The first-order chi connectivity index (χ1) is 6.15.